The van der Waals surface area contributed by atoms with Crippen molar-refractivity contribution >= 4 is 23.2 Å². The van der Waals surface area contributed by atoms with Crippen LogP contribution in [0.15, 0.2) is 60.8 Å². The fraction of sp³-hybridized carbons (Fsp3) is 0.208. The average Bonchev–Trinajstić information content (AvgIpc) is 2.71. The summed E-state index contributed by atoms with van der Waals surface area (Å²) >= 11 is 0. The Morgan fingerprint density at radius 2 is 1.55 bits per heavy atom. The maximum absolute atomic E-state index is 12.8. The summed E-state index contributed by atoms with van der Waals surface area (Å²) in [4.78, 5) is 29.5. The molecule has 0 fully saturated rings. The van der Waals surface area contributed by atoms with Crippen LogP contribution in [0.3, 0.4) is 0 Å². The molecule has 0 radical (unpaired) electrons. The Labute approximate surface area is 171 Å². The van der Waals surface area contributed by atoms with Gasteiger partial charge in [0.15, 0.2) is 0 Å². The summed E-state index contributed by atoms with van der Waals surface area (Å²) in [6.45, 7) is 8.10. The maximum atomic E-state index is 12.8. The van der Waals surface area contributed by atoms with Crippen LogP contribution in [0, 0.1) is 13.8 Å². The second-order valence-corrected chi connectivity index (χ2v) is 7.33. The highest BCUT2D eigenvalue weighted by atomic mass is 16.2. The molecule has 0 aliphatic heterocycles. The number of aromatic nitrogens is 1. The van der Waals surface area contributed by atoms with Crippen LogP contribution in [-0.4, -0.2) is 16.8 Å². The maximum Gasteiger partial charge on any atom is 0.274 e. The van der Waals surface area contributed by atoms with Gasteiger partial charge in [0.05, 0.1) is 0 Å². The molecule has 1 aromatic heterocycles. The quantitative estimate of drug-likeness (QED) is 0.622. The Bertz CT molecular complexity index is 1060. The lowest BCUT2D eigenvalue weighted by Crippen LogP contribution is -2.18. The van der Waals surface area contributed by atoms with Crippen molar-refractivity contribution < 1.29 is 9.59 Å². The lowest BCUT2D eigenvalue weighted by molar-refractivity contribution is 0.102. The number of para-hydroxylation sites is 1. The molecule has 2 aromatic carbocycles. The highest BCUT2D eigenvalue weighted by Crippen LogP contribution is 2.24. The summed E-state index contributed by atoms with van der Waals surface area (Å²) in [5.74, 6) is -0.347. The minimum atomic E-state index is -0.351. The molecule has 5 heteroatoms. The number of rotatable bonds is 5. The van der Waals surface area contributed by atoms with Crippen LogP contribution in [0.1, 0.15) is 57.3 Å². The van der Waals surface area contributed by atoms with Crippen LogP contribution in [0.4, 0.5) is 11.4 Å². The summed E-state index contributed by atoms with van der Waals surface area (Å²) < 4.78 is 0. The lowest BCUT2D eigenvalue weighted by atomic mass is 10.0. The molecule has 0 aliphatic rings. The zero-order valence-electron chi connectivity index (χ0n) is 17.1. The summed E-state index contributed by atoms with van der Waals surface area (Å²) in [5.41, 5.74) is 5.22. The molecule has 148 valence electrons. The van der Waals surface area contributed by atoms with Gasteiger partial charge in [-0.05, 0) is 60.7 Å². The van der Waals surface area contributed by atoms with Gasteiger partial charge in [-0.3, -0.25) is 14.6 Å². The number of aryl methyl sites for hydroxylation is 1. The molecular weight excluding hydrogens is 362 g/mol. The number of nitrogens with one attached hydrogen (secondary N) is 2. The zero-order valence-corrected chi connectivity index (χ0v) is 17.1. The number of nitrogens with zero attached hydrogens (tertiary/aromatic N) is 1. The van der Waals surface area contributed by atoms with Crippen LogP contribution < -0.4 is 10.6 Å². The Balaban J connectivity index is 1.79. The minimum Gasteiger partial charge on any atom is -0.322 e. The Kier molecular flexibility index (Phi) is 6.07. The molecule has 0 aliphatic carbocycles. The van der Waals surface area contributed by atoms with E-state index in [1.54, 1.807) is 6.07 Å². The monoisotopic (exact) mass is 387 g/mol. The Morgan fingerprint density at radius 3 is 2.31 bits per heavy atom. The molecule has 0 spiro atoms. The topological polar surface area (TPSA) is 71.1 Å². The third-order valence-corrected chi connectivity index (χ3v) is 4.94. The van der Waals surface area contributed by atoms with Crippen LogP contribution in [0.5, 0.6) is 0 Å². The first-order valence-electron chi connectivity index (χ1n) is 9.60. The van der Waals surface area contributed by atoms with E-state index >= 15 is 0 Å². The number of carbonyl (C=O) groups excluding carboxylic acids is 2. The van der Waals surface area contributed by atoms with Gasteiger partial charge in [0.25, 0.3) is 11.8 Å². The van der Waals surface area contributed by atoms with E-state index in [-0.39, 0.29) is 23.4 Å². The molecule has 0 saturated heterocycles. The smallest absolute Gasteiger partial charge is 0.274 e. The Morgan fingerprint density at radius 1 is 0.862 bits per heavy atom. The molecule has 0 saturated carbocycles. The van der Waals surface area contributed by atoms with Crippen LogP contribution in [0.25, 0.3) is 0 Å². The number of carbonyl (C=O) groups is 2. The number of pyridine rings is 1. The third kappa shape index (κ3) is 4.69. The third-order valence-electron chi connectivity index (χ3n) is 4.94. The van der Waals surface area contributed by atoms with Gasteiger partial charge in [0.1, 0.15) is 5.69 Å². The van der Waals surface area contributed by atoms with Crippen LogP contribution in [-0.2, 0) is 0 Å². The summed E-state index contributed by atoms with van der Waals surface area (Å²) in [5, 5.41) is 5.82. The van der Waals surface area contributed by atoms with Crippen molar-refractivity contribution in [1.82, 2.24) is 4.98 Å². The van der Waals surface area contributed by atoms with Gasteiger partial charge in [0.2, 0.25) is 0 Å². The molecule has 3 aromatic rings. The van der Waals surface area contributed by atoms with E-state index in [0.717, 1.165) is 28.1 Å². The molecule has 2 N–H and O–H groups in total. The fourth-order valence-electron chi connectivity index (χ4n) is 3.08. The van der Waals surface area contributed by atoms with Crippen molar-refractivity contribution in [2.75, 3.05) is 10.6 Å². The van der Waals surface area contributed by atoms with Gasteiger partial charge in [-0.25, -0.2) is 0 Å². The zero-order chi connectivity index (χ0) is 21.0. The number of amides is 2. The number of benzene rings is 2. The Hall–Kier alpha value is -3.47. The van der Waals surface area contributed by atoms with E-state index in [1.807, 2.05) is 56.3 Å². The highest BCUT2D eigenvalue weighted by Gasteiger charge is 2.15. The van der Waals surface area contributed by atoms with Gasteiger partial charge in [-0.1, -0.05) is 44.2 Å². The van der Waals surface area contributed by atoms with E-state index < -0.39 is 0 Å². The first-order valence-corrected chi connectivity index (χ1v) is 9.60. The van der Waals surface area contributed by atoms with E-state index in [2.05, 4.69) is 29.5 Å². The minimum absolute atomic E-state index is 0.190. The fourth-order valence-corrected chi connectivity index (χ4v) is 3.08. The molecule has 5 nitrogen and oxygen atoms in total. The van der Waals surface area contributed by atoms with Gasteiger partial charge < -0.3 is 10.6 Å². The number of anilines is 2. The van der Waals surface area contributed by atoms with Crippen molar-refractivity contribution in [3.8, 4) is 0 Å². The van der Waals surface area contributed by atoms with E-state index in [0.29, 0.717) is 5.56 Å². The van der Waals surface area contributed by atoms with Crippen molar-refractivity contribution in [3.05, 3.63) is 88.7 Å². The van der Waals surface area contributed by atoms with Crippen molar-refractivity contribution in [3.63, 3.8) is 0 Å². The van der Waals surface area contributed by atoms with Crippen molar-refractivity contribution in [1.29, 1.82) is 0 Å². The van der Waals surface area contributed by atoms with Gasteiger partial charge >= 0.3 is 0 Å². The average molecular weight is 387 g/mol. The lowest BCUT2D eigenvalue weighted by Gasteiger charge is -2.14. The van der Waals surface area contributed by atoms with Gasteiger partial charge in [0, 0.05) is 23.1 Å². The molecule has 2 amide bonds. The largest absolute Gasteiger partial charge is 0.322 e. The van der Waals surface area contributed by atoms with Crippen molar-refractivity contribution in [2.45, 2.75) is 33.6 Å². The van der Waals surface area contributed by atoms with Crippen LogP contribution in [0.2, 0.25) is 0 Å². The summed E-state index contributed by atoms with van der Waals surface area (Å²) in [7, 11) is 0. The molecule has 0 bridgehead atoms. The number of hydrogen-bond acceptors (Lipinski definition) is 3. The second kappa shape index (κ2) is 8.69. The number of hydrogen-bond donors (Lipinski definition) is 2. The summed E-state index contributed by atoms with van der Waals surface area (Å²) in [6, 6.07) is 16.5. The van der Waals surface area contributed by atoms with Gasteiger partial charge in [-0.15, -0.1) is 0 Å². The predicted octanol–water partition coefficient (Wildman–Crippen LogP) is 5.33. The SMILES string of the molecule is Cc1cccc(NC(=O)c2cc(C(=O)Nc3ccccc3C(C)C)ccn2)c1C. The molecule has 1 heterocycles. The molecular formula is C24H25N3O2. The molecule has 0 atom stereocenters. The first-order chi connectivity index (χ1) is 13.9. The van der Waals surface area contributed by atoms with E-state index in [9.17, 15) is 9.59 Å². The second-order valence-electron chi connectivity index (χ2n) is 7.33. The summed E-state index contributed by atoms with van der Waals surface area (Å²) in [6.07, 6.45) is 1.47. The first kappa shape index (κ1) is 20.3. The van der Waals surface area contributed by atoms with Crippen molar-refractivity contribution in [2.24, 2.45) is 0 Å². The highest BCUT2D eigenvalue weighted by molar-refractivity contribution is 6.08. The molecule has 29 heavy (non-hydrogen) atoms. The molecule has 0 unspecified atom stereocenters. The van der Waals surface area contributed by atoms with E-state index in [4.69, 9.17) is 0 Å². The molecule has 3 rings (SSSR count). The standard InChI is InChI=1S/C24H25N3O2/c1-15(2)19-9-5-6-10-21(19)27-23(28)18-12-13-25-22(14-18)24(29)26-20-11-7-8-16(3)17(20)4/h5-15H,1-4H3,(H,26,29)(H,27,28). The van der Waals surface area contributed by atoms with Crippen LogP contribution >= 0.6 is 0 Å². The predicted molar refractivity (Wildman–Crippen MR) is 117 cm³/mol. The normalized spacial score (nSPS) is 10.7. The van der Waals surface area contributed by atoms with Gasteiger partial charge in [-0.2, -0.15) is 0 Å². The van der Waals surface area contributed by atoms with E-state index in [1.165, 1.54) is 12.3 Å².